The summed E-state index contributed by atoms with van der Waals surface area (Å²) in [4.78, 5) is 25.4. The quantitative estimate of drug-likeness (QED) is 0.484. The minimum Gasteiger partial charge on any atom is -0.453 e. The summed E-state index contributed by atoms with van der Waals surface area (Å²) in [5.41, 5.74) is -1.09. The summed E-state index contributed by atoms with van der Waals surface area (Å²) in [5, 5.41) is 0. The van der Waals surface area contributed by atoms with Crippen LogP contribution < -0.4 is 0 Å². The molecule has 7 heteroatoms. The molecule has 0 aliphatic heterocycles. The SMILES string of the molecule is CCC(C)(C)C(=O)N(C(C)C)C(C)C.CCC(C)(C)C(=O)OC(C)C(F)(F)F. The molecule has 0 aliphatic carbocycles. The first-order chi connectivity index (χ1) is 12.3. The molecule has 0 bridgehead atoms. The maximum atomic E-state index is 12.2. The second-order valence-electron chi connectivity index (χ2n) is 8.96. The number of halogens is 3. The Hall–Kier alpha value is -1.27. The third-order valence-corrected chi connectivity index (χ3v) is 4.99. The number of nitrogens with zero attached hydrogens (tertiary/aromatic N) is 1. The summed E-state index contributed by atoms with van der Waals surface area (Å²) >= 11 is 0. The molecule has 0 heterocycles. The van der Waals surface area contributed by atoms with Gasteiger partial charge in [-0.15, -0.1) is 0 Å². The molecule has 1 unspecified atom stereocenters. The number of hydrogen-bond acceptors (Lipinski definition) is 3. The minimum absolute atomic E-state index is 0.228. The first kappa shape index (κ1) is 28.9. The fourth-order valence-electron chi connectivity index (χ4n) is 2.10. The molecule has 0 radical (unpaired) electrons. The Morgan fingerprint density at radius 2 is 1.18 bits per heavy atom. The molecule has 0 N–H and O–H groups in total. The van der Waals surface area contributed by atoms with E-state index < -0.39 is 23.7 Å². The molecule has 0 aromatic carbocycles. The van der Waals surface area contributed by atoms with E-state index in [1.165, 1.54) is 0 Å². The Balaban J connectivity index is 0. The van der Waals surface area contributed by atoms with Gasteiger partial charge in [-0.05, 0) is 61.3 Å². The van der Waals surface area contributed by atoms with Crippen LogP contribution in [0.4, 0.5) is 13.2 Å². The van der Waals surface area contributed by atoms with Crippen molar-refractivity contribution in [1.82, 2.24) is 4.90 Å². The van der Waals surface area contributed by atoms with Crippen LogP contribution in [0.1, 0.15) is 89.0 Å². The van der Waals surface area contributed by atoms with Crippen molar-refractivity contribution in [2.75, 3.05) is 0 Å². The van der Waals surface area contributed by atoms with E-state index in [1.807, 2.05) is 18.7 Å². The van der Waals surface area contributed by atoms with Crippen molar-refractivity contribution < 1.29 is 27.5 Å². The Morgan fingerprint density at radius 3 is 1.43 bits per heavy atom. The van der Waals surface area contributed by atoms with Crippen molar-refractivity contribution in [3.8, 4) is 0 Å². The lowest BCUT2D eigenvalue weighted by Crippen LogP contribution is -2.48. The molecule has 1 amide bonds. The van der Waals surface area contributed by atoms with Gasteiger partial charge in [0.05, 0.1) is 5.41 Å². The number of alkyl halides is 3. The molecule has 0 rings (SSSR count). The highest BCUT2D eigenvalue weighted by molar-refractivity contribution is 5.82. The minimum atomic E-state index is -4.49. The van der Waals surface area contributed by atoms with Gasteiger partial charge in [0.1, 0.15) is 0 Å². The van der Waals surface area contributed by atoms with Gasteiger partial charge in [-0.25, -0.2) is 0 Å². The standard InChI is InChI=1S/C12H25NO.C9H15F3O2/c1-8-12(6,7)11(14)13(9(2)3)10(4)5;1-5-8(3,4)7(13)14-6(2)9(10,11)12/h9-10H,8H2,1-7H3;6H,5H2,1-4H3. The largest absolute Gasteiger partial charge is 0.453 e. The zero-order chi connectivity index (χ0) is 23.1. The van der Waals surface area contributed by atoms with Crippen LogP contribution >= 0.6 is 0 Å². The number of carbonyl (C=O) groups excluding carboxylic acids is 2. The van der Waals surface area contributed by atoms with E-state index in [4.69, 9.17) is 0 Å². The molecule has 0 aliphatic rings. The first-order valence-electron chi connectivity index (χ1n) is 9.95. The monoisotopic (exact) mass is 411 g/mol. The van der Waals surface area contributed by atoms with Gasteiger partial charge in [0.25, 0.3) is 0 Å². The number of hydrogen-bond donors (Lipinski definition) is 0. The van der Waals surface area contributed by atoms with Crippen LogP contribution in [0, 0.1) is 10.8 Å². The van der Waals surface area contributed by atoms with Gasteiger partial charge >= 0.3 is 12.1 Å². The van der Waals surface area contributed by atoms with E-state index in [1.54, 1.807) is 20.8 Å². The molecule has 1 atom stereocenters. The number of carbonyl (C=O) groups is 2. The third kappa shape index (κ3) is 9.28. The normalized spacial score (nSPS) is 13.7. The van der Waals surface area contributed by atoms with Crippen LogP contribution in [0.5, 0.6) is 0 Å². The van der Waals surface area contributed by atoms with Gasteiger partial charge in [0.2, 0.25) is 5.91 Å². The number of amides is 1. The molecule has 0 aromatic heterocycles. The van der Waals surface area contributed by atoms with E-state index in [0.29, 0.717) is 6.42 Å². The fourth-order valence-corrected chi connectivity index (χ4v) is 2.10. The summed E-state index contributed by atoms with van der Waals surface area (Å²) in [6.07, 6.45) is -5.20. The van der Waals surface area contributed by atoms with Crippen LogP contribution in [-0.2, 0) is 14.3 Å². The van der Waals surface area contributed by atoms with Gasteiger partial charge in [0, 0.05) is 17.5 Å². The lowest BCUT2D eigenvalue weighted by molar-refractivity contribution is -0.221. The van der Waals surface area contributed by atoms with Crippen molar-refractivity contribution in [3.05, 3.63) is 0 Å². The van der Waals surface area contributed by atoms with E-state index in [-0.39, 0.29) is 23.4 Å². The molecule has 4 nitrogen and oxygen atoms in total. The molecule has 0 saturated carbocycles. The van der Waals surface area contributed by atoms with Crippen LogP contribution in [0.15, 0.2) is 0 Å². The third-order valence-electron chi connectivity index (χ3n) is 4.99. The van der Waals surface area contributed by atoms with Crippen molar-refractivity contribution in [2.24, 2.45) is 10.8 Å². The van der Waals surface area contributed by atoms with E-state index in [0.717, 1.165) is 13.3 Å². The summed E-state index contributed by atoms with van der Waals surface area (Å²) in [7, 11) is 0. The lowest BCUT2D eigenvalue weighted by Gasteiger charge is -2.37. The summed E-state index contributed by atoms with van der Waals surface area (Å²) in [6.45, 7) is 20.1. The van der Waals surface area contributed by atoms with Crippen molar-refractivity contribution in [3.63, 3.8) is 0 Å². The molecule has 0 spiro atoms. The maximum Gasteiger partial charge on any atom is 0.425 e. The Labute approximate surface area is 169 Å². The smallest absolute Gasteiger partial charge is 0.425 e. The second kappa shape index (κ2) is 11.1. The van der Waals surface area contributed by atoms with Crippen molar-refractivity contribution >= 4 is 11.9 Å². The summed E-state index contributed by atoms with van der Waals surface area (Å²) < 4.78 is 40.4. The van der Waals surface area contributed by atoms with Gasteiger partial charge < -0.3 is 9.64 Å². The molecular formula is C21H40F3NO3. The van der Waals surface area contributed by atoms with Gasteiger partial charge in [0.15, 0.2) is 6.10 Å². The molecule has 168 valence electrons. The molecule has 0 aromatic rings. The van der Waals surface area contributed by atoms with E-state index in [9.17, 15) is 22.8 Å². The van der Waals surface area contributed by atoms with Crippen LogP contribution in [-0.4, -0.2) is 41.1 Å². The van der Waals surface area contributed by atoms with Crippen LogP contribution in [0.2, 0.25) is 0 Å². The number of esters is 1. The summed E-state index contributed by atoms with van der Waals surface area (Å²) in [5.74, 6) is -0.546. The highest BCUT2D eigenvalue weighted by Gasteiger charge is 2.41. The highest BCUT2D eigenvalue weighted by Crippen LogP contribution is 2.28. The average molecular weight is 412 g/mol. The first-order valence-corrected chi connectivity index (χ1v) is 9.95. The zero-order valence-electron chi connectivity index (χ0n) is 19.5. The number of rotatable bonds is 7. The second-order valence-corrected chi connectivity index (χ2v) is 8.96. The average Bonchev–Trinajstić information content (AvgIpc) is 2.53. The summed E-state index contributed by atoms with van der Waals surface area (Å²) in [6, 6.07) is 0.571. The van der Waals surface area contributed by atoms with E-state index in [2.05, 4.69) is 39.4 Å². The molecule has 28 heavy (non-hydrogen) atoms. The van der Waals surface area contributed by atoms with Gasteiger partial charge in [-0.1, -0.05) is 27.7 Å². The fraction of sp³-hybridized carbons (Fsp3) is 0.905. The topological polar surface area (TPSA) is 46.6 Å². The van der Waals surface area contributed by atoms with Crippen LogP contribution in [0.25, 0.3) is 0 Å². The van der Waals surface area contributed by atoms with Crippen molar-refractivity contribution in [1.29, 1.82) is 0 Å². The van der Waals surface area contributed by atoms with Crippen LogP contribution in [0.3, 0.4) is 0 Å². The molecule has 0 fully saturated rings. The predicted octanol–water partition coefficient (Wildman–Crippen LogP) is 5.98. The lowest BCUT2D eigenvalue weighted by atomic mass is 9.87. The maximum absolute atomic E-state index is 12.2. The predicted molar refractivity (Wildman–Crippen MR) is 107 cm³/mol. The number of ether oxygens (including phenoxy) is 1. The zero-order valence-corrected chi connectivity index (χ0v) is 19.5. The highest BCUT2D eigenvalue weighted by atomic mass is 19.4. The Bertz CT molecular complexity index is 490. The van der Waals surface area contributed by atoms with E-state index >= 15 is 0 Å². The Morgan fingerprint density at radius 1 is 0.821 bits per heavy atom. The van der Waals surface area contributed by atoms with Gasteiger partial charge in [-0.2, -0.15) is 13.2 Å². The van der Waals surface area contributed by atoms with Crippen molar-refractivity contribution in [2.45, 2.75) is 113 Å². The van der Waals surface area contributed by atoms with Gasteiger partial charge in [-0.3, -0.25) is 9.59 Å². The molecular weight excluding hydrogens is 371 g/mol. The molecule has 0 saturated heterocycles. The Kier molecular flexibility index (Phi) is 11.4.